The van der Waals surface area contributed by atoms with Crippen molar-refractivity contribution in [3.05, 3.63) is 53.3 Å². The topological polar surface area (TPSA) is 192 Å². The molecule has 2 saturated heterocycles. The first-order valence-corrected chi connectivity index (χ1v) is 30.7. The number of amides is 1. The van der Waals surface area contributed by atoms with Crippen LogP contribution in [0.2, 0.25) is 18.1 Å². The molecule has 2 aromatic rings. The summed E-state index contributed by atoms with van der Waals surface area (Å²) in [5.74, 6) is -6.83. The maximum atomic E-state index is 14.7. The zero-order valence-corrected chi connectivity index (χ0v) is 48.9. The number of ether oxygens (including phenoxy) is 6. The molecule has 3 N–H and O–H groups in total. The smallest absolute Gasteiger partial charge is 0.329 e. The standard InChI is InChI=1S/C59H92N2O13Si/c1-16-41-26-34(2)25-35(3)27-51(69-12)54-52(70-13)29-37(5)59(67,73-54)55(64)56(65)61-24-18-17-19-46(61)57(66)72-53(38(6)47(62)33-48(41)63)36(4)28-40-20-23-49(50(30-40)68-11)71-43-21-22-44-42(31-43)32-45(60-44)39(7)74-75(14,15)58(8,9)10/h21-22,26,28,31-32,35,37-41,46-47,49-54,60,62,67H,16-20,23-25,27,29-30,33H2,1-15H3. The number of methoxy groups -OCH3 is 3. The number of benzene rings is 1. The van der Waals surface area contributed by atoms with Gasteiger partial charge < -0.3 is 52.9 Å². The minimum Gasteiger partial charge on any atom is -0.488 e. The van der Waals surface area contributed by atoms with E-state index in [4.69, 9.17) is 32.8 Å². The molecule has 15 unspecified atom stereocenters. The fourth-order valence-electron chi connectivity index (χ4n) is 11.8. The minimum absolute atomic E-state index is 0.00969. The molecule has 75 heavy (non-hydrogen) atoms. The molecule has 420 valence electrons. The van der Waals surface area contributed by atoms with Crippen LogP contribution < -0.4 is 4.74 Å². The molecular formula is C59H92N2O13Si. The van der Waals surface area contributed by atoms with E-state index in [1.54, 1.807) is 35.2 Å². The van der Waals surface area contributed by atoms with Crippen molar-refractivity contribution in [1.82, 2.24) is 9.88 Å². The molecule has 0 radical (unpaired) electrons. The third-order valence-electron chi connectivity index (χ3n) is 17.5. The van der Waals surface area contributed by atoms with Crippen LogP contribution >= 0.6 is 0 Å². The number of esters is 1. The van der Waals surface area contributed by atoms with E-state index in [2.05, 4.69) is 70.9 Å². The highest BCUT2D eigenvalue weighted by molar-refractivity contribution is 6.74. The number of nitrogens with one attached hydrogen (secondary N) is 1. The first kappa shape index (κ1) is 60.5. The highest BCUT2D eigenvalue weighted by atomic mass is 28.4. The van der Waals surface area contributed by atoms with Crippen LogP contribution in [0.1, 0.15) is 152 Å². The molecule has 15 atom stereocenters. The number of aliphatic hydroxyl groups excluding tert-OH is 1. The number of fused-ring (bicyclic) bond motifs is 4. The number of aromatic nitrogens is 1. The first-order valence-electron chi connectivity index (χ1n) is 27.8. The zero-order valence-electron chi connectivity index (χ0n) is 47.9. The molecule has 15 nitrogen and oxygen atoms in total. The number of ketones is 2. The molecule has 2 bridgehead atoms. The number of piperidine rings is 1. The van der Waals surface area contributed by atoms with Gasteiger partial charge in [0.05, 0.1) is 30.5 Å². The molecule has 1 amide bonds. The quantitative estimate of drug-likeness (QED) is 0.0834. The van der Waals surface area contributed by atoms with Crippen LogP contribution in [0.3, 0.4) is 0 Å². The first-order chi connectivity index (χ1) is 35.2. The molecule has 1 aromatic heterocycles. The van der Waals surface area contributed by atoms with Crippen LogP contribution in [0.5, 0.6) is 5.75 Å². The Morgan fingerprint density at radius 1 is 0.933 bits per heavy atom. The van der Waals surface area contributed by atoms with Gasteiger partial charge in [0.25, 0.3) is 11.7 Å². The van der Waals surface area contributed by atoms with Crippen LogP contribution in [0.4, 0.5) is 0 Å². The van der Waals surface area contributed by atoms with Crippen molar-refractivity contribution in [1.29, 1.82) is 0 Å². The van der Waals surface area contributed by atoms with Crippen molar-refractivity contribution < 1.29 is 62.2 Å². The van der Waals surface area contributed by atoms with Gasteiger partial charge in [-0.25, -0.2) is 4.79 Å². The average molecular weight is 1070 g/mol. The SMILES string of the molecule is CCC1C=C(C)CC(C)CC(OC)C2OC(O)(C(=O)C(=O)N3CCCCC3C(=O)OC(C(C)=CC3CCC(Oc4ccc5[nH]c(C(C)O[Si](C)(C)C(C)(C)C)cc5c4)C(OC)C3)C(C)C(O)CC1=O)C(C)CC2OC. The third-order valence-corrected chi connectivity index (χ3v) is 22.0. The van der Waals surface area contributed by atoms with E-state index in [-0.39, 0.29) is 66.8 Å². The Hall–Kier alpha value is -3.74. The Morgan fingerprint density at radius 2 is 1.61 bits per heavy atom. The van der Waals surface area contributed by atoms with Gasteiger partial charge in [0.1, 0.15) is 35.9 Å². The predicted octanol–water partition coefficient (Wildman–Crippen LogP) is 10.1. The lowest BCUT2D eigenvalue weighted by atomic mass is 9.81. The van der Waals surface area contributed by atoms with Crippen LogP contribution in [-0.4, -0.2) is 134 Å². The summed E-state index contributed by atoms with van der Waals surface area (Å²) in [7, 11) is 2.78. The van der Waals surface area contributed by atoms with Crippen molar-refractivity contribution in [3.63, 3.8) is 0 Å². The molecule has 4 heterocycles. The van der Waals surface area contributed by atoms with E-state index in [9.17, 15) is 29.4 Å². The molecule has 6 rings (SSSR count). The second kappa shape index (κ2) is 25.4. The predicted molar refractivity (Wildman–Crippen MR) is 291 cm³/mol. The lowest BCUT2D eigenvalue weighted by Crippen LogP contribution is -2.64. The third kappa shape index (κ3) is 14.1. The largest absolute Gasteiger partial charge is 0.488 e. The normalized spacial score (nSPS) is 34.3. The number of carbonyl (C=O) groups is 4. The number of allylic oxidation sites excluding steroid dienone is 3. The van der Waals surface area contributed by atoms with Gasteiger partial charge in [-0.15, -0.1) is 0 Å². The maximum Gasteiger partial charge on any atom is 0.329 e. The second-order valence-corrected chi connectivity index (χ2v) is 29.0. The van der Waals surface area contributed by atoms with Crippen molar-refractivity contribution in [2.45, 2.75) is 219 Å². The summed E-state index contributed by atoms with van der Waals surface area (Å²) in [6, 6.07) is 7.06. The van der Waals surface area contributed by atoms with E-state index >= 15 is 0 Å². The Kier molecular flexibility index (Phi) is 20.5. The van der Waals surface area contributed by atoms with Crippen molar-refractivity contribution in [3.8, 4) is 5.75 Å². The number of aromatic amines is 1. The van der Waals surface area contributed by atoms with E-state index in [0.717, 1.165) is 34.3 Å². The Balaban J connectivity index is 1.26. The second-order valence-electron chi connectivity index (χ2n) is 24.2. The lowest BCUT2D eigenvalue weighted by molar-refractivity contribution is -0.302. The Bertz CT molecular complexity index is 2360. The highest BCUT2D eigenvalue weighted by Gasteiger charge is 2.57. The van der Waals surface area contributed by atoms with E-state index in [1.165, 1.54) is 4.90 Å². The van der Waals surface area contributed by atoms with Gasteiger partial charge in [0.15, 0.2) is 8.32 Å². The zero-order chi connectivity index (χ0) is 55.3. The van der Waals surface area contributed by atoms with Crippen LogP contribution in [0.15, 0.2) is 47.6 Å². The average Bonchev–Trinajstić information content (AvgIpc) is 3.80. The van der Waals surface area contributed by atoms with Crippen LogP contribution in [0.25, 0.3) is 10.9 Å². The number of carbonyl (C=O) groups excluding carboxylic acids is 4. The van der Waals surface area contributed by atoms with Gasteiger partial charge in [-0.1, -0.05) is 66.2 Å². The summed E-state index contributed by atoms with van der Waals surface area (Å²) >= 11 is 0. The number of hydrogen-bond acceptors (Lipinski definition) is 13. The number of rotatable bonds is 11. The Labute approximate surface area is 448 Å². The number of hydrogen-bond donors (Lipinski definition) is 3. The molecule has 1 aliphatic carbocycles. The van der Waals surface area contributed by atoms with Gasteiger partial charge in [-0.3, -0.25) is 14.4 Å². The summed E-state index contributed by atoms with van der Waals surface area (Å²) in [4.78, 5) is 62.4. The molecule has 4 aliphatic rings. The van der Waals surface area contributed by atoms with Gasteiger partial charge in [0, 0.05) is 68.6 Å². The summed E-state index contributed by atoms with van der Waals surface area (Å²) in [6.07, 6.45) is 4.31. The lowest BCUT2D eigenvalue weighted by Gasteiger charge is -2.47. The van der Waals surface area contributed by atoms with Crippen LogP contribution in [-0.2, 0) is 47.3 Å². The molecule has 3 fully saturated rings. The van der Waals surface area contributed by atoms with E-state index < -0.39 is 86.1 Å². The van der Waals surface area contributed by atoms with Gasteiger partial charge in [-0.05, 0) is 145 Å². The van der Waals surface area contributed by atoms with Crippen molar-refractivity contribution >= 4 is 42.7 Å². The summed E-state index contributed by atoms with van der Waals surface area (Å²) in [5, 5.41) is 25.3. The molecule has 16 heteroatoms. The number of cyclic esters (lactones) is 1. The molecule has 1 aromatic carbocycles. The monoisotopic (exact) mass is 1060 g/mol. The molecular weight excluding hydrogens is 973 g/mol. The molecule has 1 saturated carbocycles. The summed E-state index contributed by atoms with van der Waals surface area (Å²) in [5.41, 5.74) is 3.71. The fraction of sp³-hybridized carbons (Fsp3) is 0.729. The summed E-state index contributed by atoms with van der Waals surface area (Å²) < 4.78 is 44.0. The van der Waals surface area contributed by atoms with Gasteiger partial charge >= 0.3 is 5.97 Å². The molecule has 3 aliphatic heterocycles. The highest BCUT2D eigenvalue weighted by Crippen LogP contribution is 2.42. The molecule has 0 spiro atoms. The Morgan fingerprint density at radius 3 is 2.27 bits per heavy atom. The maximum absolute atomic E-state index is 14.7. The van der Waals surface area contributed by atoms with Gasteiger partial charge in [0.2, 0.25) is 5.79 Å². The van der Waals surface area contributed by atoms with Crippen molar-refractivity contribution in [2.24, 2.45) is 29.6 Å². The number of aliphatic hydroxyl groups is 2. The fourth-order valence-corrected chi connectivity index (χ4v) is 13.2. The summed E-state index contributed by atoms with van der Waals surface area (Å²) in [6.45, 7) is 24.7. The number of H-pyrrole nitrogens is 1. The van der Waals surface area contributed by atoms with Crippen LogP contribution in [0, 0.1) is 29.6 Å². The number of nitrogens with zero attached hydrogens (tertiary/aromatic N) is 1. The number of Topliss-reactive ketones (excluding diaryl/α,β-unsaturated/α-hetero) is 2. The minimum atomic E-state index is -2.52. The van der Waals surface area contributed by atoms with Crippen molar-refractivity contribution in [2.75, 3.05) is 27.9 Å². The van der Waals surface area contributed by atoms with E-state index in [1.807, 2.05) is 39.0 Å². The van der Waals surface area contributed by atoms with E-state index in [0.29, 0.717) is 50.5 Å². The van der Waals surface area contributed by atoms with Gasteiger partial charge in [-0.2, -0.15) is 0 Å².